The van der Waals surface area contributed by atoms with Crippen LogP contribution < -0.4 is 5.32 Å². The van der Waals surface area contributed by atoms with Crippen LogP contribution in [0.15, 0.2) is 12.2 Å². The molecule has 0 amide bonds. The van der Waals surface area contributed by atoms with Crippen LogP contribution in [-0.4, -0.2) is 13.1 Å². The number of nitrogens with one attached hydrogen (secondary N) is 1. The normalized spacial score (nSPS) is 10.9. The first-order chi connectivity index (χ1) is 4.41. The summed E-state index contributed by atoms with van der Waals surface area (Å²) >= 11 is 0. The fourth-order valence-corrected chi connectivity index (χ4v) is 0.654. The minimum Gasteiger partial charge on any atom is -0.316 e. The smallest absolute Gasteiger partial charge is 0.00143 e. The van der Waals surface area contributed by atoms with Gasteiger partial charge in [0.1, 0.15) is 0 Å². The van der Waals surface area contributed by atoms with Crippen molar-refractivity contribution in [3.63, 3.8) is 0 Å². The van der Waals surface area contributed by atoms with Crippen LogP contribution in [0.1, 0.15) is 26.7 Å². The quantitative estimate of drug-likeness (QED) is 0.439. The second-order valence-electron chi connectivity index (χ2n) is 2.11. The molecule has 0 atom stereocenters. The molecule has 0 aliphatic rings. The van der Waals surface area contributed by atoms with E-state index in [1.54, 1.807) is 0 Å². The Labute approximate surface area is 58.2 Å². The second kappa shape index (κ2) is 7.70. The van der Waals surface area contributed by atoms with Gasteiger partial charge in [0, 0.05) is 0 Å². The molecule has 0 aromatic heterocycles. The zero-order chi connectivity index (χ0) is 6.95. The Hall–Kier alpha value is -0.300. The van der Waals surface area contributed by atoms with Crippen molar-refractivity contribution in [1.29, 1.82) is 0 Å². The molecule has 0 unspecified atom stereocenters. The molecular weight excluding hydrogens is 110 g/mol. The van der Waals surface area contributed by atoms with Crippen molar-refractivity contribution in [2.45, 2.75) is 26.7 Å². The summed E-state index contributed by atoms with van der Waals surface area (Å²) in [4.78, 5) is 0. The molecule has 54 valence electrons. The molecule has 1 N–H and O–H groups in total. The van der Waals surface area contributed by atoms with Gasteiger partial charge >= 0.3 is 0 Å². The van der Waals surface area contributed by atoms with Crippen molar-refractivity contribution in [3.05, 3.63) is 12.2 Å². The molecule has 0 rings (SSSR count). The third-order valence-electron chi connectivity index (χ3n) is 1.15. The minimum absolute atomic E-state index is 1.12. The summed E-state index contributed by atoms with van der Waals surface area (Å²) in [6.45, 7) is 6.51. The standard InChI is InChI=1S/C8H17N/c1-3-5-6-8-9-7-4-2/h3,5,9H,4,6-8H2,1-2H3/b5-3+. The summed E-state index contributed by atoms with van der Waals surface area (Å²) < 4.78 is 0. The fraction of sp³-hybridized carbons (Fsp3) is 0.750. The van der Waals surface area contributed by atoms with E-state index in [9.17, 15) is 0 Å². The summed E-state index contributed by atoms with van der Waals surface area (Å²) in [5.74, 6) is 0. The molecule has 0 aliphatic heterocycles. The Morgan fingerprint density at radius 1 is 1.33 bits per heavy atom. The number of hydrogen-bond donors (Lipinski definition) is 1. The van der Waals surface area contributed by atoms with E-state index >= 15 is 0 Å². The lowest BCUT2D eigenvalue weighted by atomic mass is 10.4. The molecule has 0 aromatic carbocycles. The minimum atomic E-state index is 1.12. The van der Waals surface area contributed by atoms with Gasteiger partial charge in [0.15, 0.2) is 0 Å². The summed E-state index contributed by atoms with van der Waals surface area (Å²) in [5.41, 5.74) is 0. The average molecular weight is 127 g/mol. The van der Waals surface area contributed by atoms with Crippen LogP contribution in [0.3, 0.4) is 0 Å². The van der Waals surface area contributed by atoms with Gasteiger partial charge in [0.05, 0.1) is 0 Å². The van der Waals surface area contributed by atoms with E-state index in [0.717, 1.165) is 19.5 Å². The molecule has 0 bridgehead atoms. The van der Waals surface area contributed by atoms with E-state index in [2.05, 4.69) is 31.3 Å². The van der Waals surface area contributed by atoms with E-state index in [1.807, 2.05) is 0 Å². The van der Waals surface area contributed by atoms with Gasteiger partial charge in [0.25, 0.3) is 0 Å². The van der Waals surface area contributed by atoms with Gasteiger partial charge < -0.3 is 5.32 Å². The van der Waals surface area contributed by atoms with Gasteiger partial charge in [0.2, 0.25) is 0 Å². The van der Waals surface area contributed by atoms with Gasteiger partial charge in [-0.2, -0.15) is 0 Å². The van der Waals surface area contributed by atoms with Crippen LogP contribution in [0.2, 0.25) is 0 Å². The van der Waals surface area contributed by atoms with E-state index in [-0.39, 0.29) is 0 Å². The van der Waals surface area contributed by atoms with E-state index < -0.39 is 0 Å². The molecule has 1 heteroatoms. The molecule has 0 fully saturated rings. The van der Waals surface area contributed by atoms with Crippen molar-refractivity contribution in [1.82, 2.24) is 5.32 Å². The summed E-state index contributed by atoms with van der Waals surface area (Å²) in [6.07, 6.45) is 6.67. The Morgan fingerprint density at radius 3 is 2.67 bits per heavy atom. The molecule has 0 aromatic rings. The largest absolute Gasteiger partial charge is 0.316 e. The first-order valence-electron chi connectivity index (χ1n) is 3.73. The summed E-state index contributed by atoms with van der Waals surface area (Å²) in [6, 6.07) is 0. The monoisotopic (exact) mass is 127 g/mol. The van der Waals surface area contributed by atoms with Crippen LogP contribution in [0.4, 0.5) is 0 Å². The van der Waals surface area contributed by atoms with Crippen LogP contribution >= 0.6 is 0 Å². The van der Waals surface area contributed by atoms with Crippen LogP contribution in [-0.2, 0) is 0 Å². The van der Waals surface area contributed by atoms with E-state index in [1.165, 1.54) is 6.42 Å². The summed E-state index contributed by atoms with van der Waals surface area (Å²) in [7, 11) is 0. The maximum atomic E-state index is 3.32. The van der Waals surface area contributed by atoms with Crippen molar-refractivity contribution in [2.24, 2.45) is 0 Å². The van der Waals surface area contributed by atoms with Crippen molar-refractivity contribution in [2.75, 3.05) is 13.1 Å². The number of allylic oxidation sites excluding steroid dienone is 1. The third kappa shape index (κ3) is 7.70. The molecule has 0 heterocycles. The highest BCUT2D eigenvalue weighted by Gasteiger charge is 1.79. The molecule has 0 saturated heterocycles. The predicted molar refractivity (Wildman–Crippen MR) is 42.6 cm³/mol. The second-order valence-corrected chi connectivity index (χ2v) is 2.11. The SMILES string of the molecule is C/C=C/CCNCCC. The fourth-order valence-electron chi connectivity index (χ4n) is 0.654. The van der Waals surface area contributed by atoms with Gasteiger partial charge in [-0.05, 0) is 32.9 Å². The Balaban J connectivity index is 2.75. The third-order valence-corrected chi connectivity index (χ3v) is 1.15. The molecule has 1 nitrogen and oxygen atoms in total. The first kappa shape index (κ1) is 8.70. The van der Waals surface area contributed by atoms with Crippen molar-refractivity contribution >= 4 is 0 Å². The van der Waals surface area contributed by atoms with Gasteiger partial charge in [-0.25, -0.2) is 0 Å². The zero-order valence-electron chi connectivity index (χ0n) is 6.48. The van der Waals surface area contributed by atoms with Gasteiger partial charge in [-0.1, -0.05) is 19.1 Å². The lowest BCUT2D eigenvalue weighted by molar-refractivity contribution is 0.678. The lowest BCUT2D eigenvalue weighted by Crippen LogP contribution is -2.14. The zero-order valence-corrected chi connectivity index (χ0v) is 6.48. The van der Waals surface area contributed by atoms with E-state index in [4.69, 9.17) is 0 Å². The number of rotatable bonds is 5. The highest BCUT2D eigenvalue weighted by Crippen LogP contribution is 1.79. The maximum Gasteiger partial charge on any atom is -0.00143 e. The van der Waals surface area contributed by atoms with Crippen LogP contribution in [0.25, 0.3) is 0 Å². The highest BCUT2D eigenvalue weighted by molar-refractivity contribution is 4.77. The first-order valence-corrected chi connectivity index (χ1v) is 3.73. The molecule has 0 spiro atoms. The number of hydrogen-bond acceptors (Lipinski definition) is 1. The van der Waals surface area contributed by atoms with Crippen LogP contribution in [0, 0.1) is 0 Å². The van der Waals surface area contributed by atoms with Crippen molar-refractivity contribution < 1.29 is 0 Å². The topological polar surface area (TPSA) is 12.0 Å². The Morgan fingerprint density at radius 2 is 2.11 bits per heavy atom. The molecule has 0 aliphatic carbocycles. The van der Waals surface area contributed by atoms with Crippen molar-refractivity contribution in [3.8, 4) is 0 Å². The van der Waals surface area contributed by atoms with Crippen LogP contribution in [0.5, 0.6) is 0 Å². The van der Waals surface area contributed by atoms with Gasteiger partial charge in [-0.15, -0.1) is 0 Å². The summed E-state index contributed by atoms with van der Waals surface area (Å²) in [5, 5.41) is 3.32. The van der Waals surface area contributed by atoms with Gasteiger partial charge in [-0.3, -0.25) is 0 Å². The lowest BCUT2D eigenvalue weighted by Gasteiger charge is -1.96. The molecule has 0 radical (unpaired) electrons. The molecule has 0 saturated carbocycles. The Bertz CT molecular complexity index is 67.0. The Kier molecular flexibility index (Phi) is 7.44. The molecular formula is C8H17N. The predicted octanol–water partition coefficient (Wildman–Crippen LogP) is 1.95. The maximum absolute atomic E-state index is 3.32. The van der Waals surface area contributed by atoms with E-state index in [0.29, 0.717) is 0 Å². The molecule has 9 heavy (non-hydrogen) atoms. The highest BCUT2D eigenvalue weighted by atomic mass is 14.8. The average Bonchev–Trinajstić information content (AvgIpc) is 1.89.